The molecule has 3 amide bonds. The van der Waals surface area contributed by atoms with E-state index in [1.807, 2.05) is 0 Å². The van der Waals surface area contributed by atoms with Crippen molar-refractivity contribution in [1.29, 1.82) is 0 Å². The third-order valence-electron chi connectivity index (χ3n) is 7.28. The van der Waals surface area contributed by atoms with Crippen molar-refractivity contribution >= 4 is 22.7 Å². The summed E-state index contributed by atoms with van der Waals surface area (Å²) in [7, 11) is 0. The SMILES string of the molecule is O=C1NC2(CCCCCC2)C(=O)N1CN1CCN(Cc2cccc3ccccc23)CC1. The average Bonchev–Trinajstić information content (AvgIpc) is 2.94. The minimum atomic E-state index is -0.635. The highest BCUT2D eigenvalue weighted by molar-refractivity contribution is 6.07. The van der Waals surface area contributed by atoms with Crippen LogP contribution >= 0.6 is 0 Å². The molecule has 0 radical (unpaired) electrons. The fourth-order valence-corrected chi connectivity index (χ4v) is 5.44. The molecule has 0 aromatic heterocycles. The van der Waals surface area contributed by atoms with Gasteiger partial charge in [-0.15, -0.1) is 0 Å². The summed E-state index contributed by atoms with van der Waals surface area (Å²) < 4.78 is 0. The number of hydrogen-bond donors (Lipinski definition) is 1. The molecular weight excluding hydrogens is 388 g/mol. The van der Waals surface area contributed by atoms with Gasteiger partial charge < -0.3 is 5.32 Å². The summed E-state index contributed by atoms with van der Waals surface area (Å²) in [5.74, 6) is -0.00224. The van der Waals surface area contributed by atoms with E-state index in [4.69, 9.17) is 0 Å². The molecule has 6 nitrogen and oxygen atoms in total. The number of amides is 3. The fraction of sp³-hybridized carbons (Fsp3) is 0.520. The van der Waals surface area contributed by atoms with Crippen molar-refractivity contribution in [3.63, 3.8) is 0 Å². The van der Waals surface area contributed by atoms with E-state index >= 15 is 0 Å². The van der Waals surface area contributed by atoms with E-state index in [2.05, 4.69) is 57.6 Å². The molecule has 31 heavy (non-hydrogen) atoms. The van der Waals surface area contributed by atoms with Crippen LogP contribution in [0.2, 0.25) is 0 Å². The van der Waals surface area contributed by atoms with Crippen LogP contribution in [-0.4, -0.2) is 65.0 Å². The molecule has 6 heteroatoms. The Labute approximate surface area is 184 Å². The first-order valence-electron chi connectivity index (χ1n) is 11.7. The van der Waals surface area contributed by atoms with Crippen molar-refractivity contribution in [2.75, 3.05) is 32.8 Å². The number of carbonyl (C=O) groups excluding carboxylic acids is 2. The third-order valence-corrected chi connectivity index (χ3v) is 7.28. The van der Waals surface area contributed by atoms with Gasteiger partial charge in [-0.05, 0) is 29.2 Å². The lowest BCUT2D eigenvalue weighted by atomic mass is 9.90. The van der Waals surface area contributed by atoms with Crippen LogP contribution in [0.5, 0.6) is 0 Å². The van der Waals surface area contributed by atoms with Crippen molar-refractivity contribution in [2.24, 2.45) is 0 Å². The van der Waals surface area contributed by atoms with Gasteiger partial charge in [0.15, 0.2) is 0 Å². The van der Waals surface area contributed by atoms with Gasteiger partial charge in [0.1, 0.15) is 5.54 Å². The number of nitrogens with zero attached hydrogens (tertiary/aromatic N) is 3. The number of urea groups is 1. The van der Waals surface area contributed by atoms with Gasteiger partial charge in [-0.25, -0.2) is 9.69 Å². The summed E-state index contributed by atoms with van der Waals surface area (Å²) in [4.78, 5) is 32.0. The van der Waals surface area contributed by atoms with E-state index in [9.17, 15) is 9.59 Å². The molecule has 3 aliphatic rings. The molecule has 2 aromatic rings. The van der Waals surface area contributed by atoms with Crippen LogP contribution in [0.1, 0.15) is 44.1 Å². The number of imide groups is 1. The van der Waals surface area contributed by atoms with E-state index in [0.717, 1.165) is 71.2 Å². The van der Waals surface area contributed by atoms with Gasteiger partial charge in [-0.2, -0.15) is 0 Å². The lowest BCUT2D eigenvalue weighted by molar-refractivity contribution is -0.133. The maximum atomic E-state index is 13.2. The van der Waals surface area contributed by atoms with Gasteiger partial charge in [0.2, 0.25) is 0 Å². The predicted octanol–water partition coefficient (Wildman–Crippen LogP) is 3.56. The monoisotopic (exact) mass is 420 g/mol. The highest BCUT2D eigenvalue weighted by Crippen LogP contribution is 2.33. The summed E-state index contributed by atoms with van der Waals surface area (Å²) in [6.07, 6.45) is 5.92. The summed E-state index contributed by atoms with van der Waals surface area (Å²) in [5, 5.41) is 5.66. The van der Waals surface area contributed by atoms with Crippen molar-refractivity contribution in [3.05, 3.63) is 48.0 Å². The van der Waals surface area contributed by atoms with E-state index in [1.54, 1.807) is 0 Å². The second-order valence-electron chi connectivity index (χ2n) is 9.33. The summed E-state index contributed by atoms with van der Waals surface area (Å²) in [6, 6.07) is 14.9. The van der Waals surface area contributed by atoms with Gasteiger partial charge in [0.25, 0.3) is 5.91 Å². The van der Waals surface area contributed by atoms with E-state index < -0.39 is 5.54 Å². The lowest BCUT2D eigenvalue weighted by Crippen LogP contribution is -2.51. The smallest absolute Gasteiger partial charge is 0.323 e. The molecule has 1 saturated carbocycles. The molecule has 2 aromatic carbocycles. The van der Waals surface area contributed by atoms with Crippen molar-refractivity contribution < 1.29 is 9.59 Å². The van der Waals surface area contributed by atoms with Gasteiger partial charge >= 0.3 is 6.03 Å². The molecule has 2 heterocycles. The topological polar surface area (TPSA) is 55.9 Å². The quantitative estimate of drug-likeness (QED) is 0.769. The van der Waals surface area contributed by atoms with Crippen molar-refractivity contribution in [2.45, 2.75) is 50.6 Å². The molecule has 2 saturated heterocycles. The first kappa shape index (κ1) is 20.5. The molecule has 0 unspecified atom stereocenters. The first-order valence-corrected chi connectivity index (χ1v) is 11.7. The number of fused-ring (bicyclic) bond motifs is 1. The summed E-state index contributed by atoms with van der Waals surface area (Å²) >= 11 is 0. The van der Waals surface area contributed by atoms with E-state index in [0.29, 0.717) is 6.67 Å². The van der Waals surface area contributed by atoms with Crippen LogP contribution in [0.15, 0.2) is 42.5 Å². The highest BCUT2D eigenvalue weighted by Gasteiger charge is 2.51. The molecular formula is C25H32N4O2. The summed E-state index contributed by atoms with van der Waals surface area (Å²) in [6.45, 7) is 4.97. The Hall–Kier alpha value is -2.44. The molecule has 164 valence electrons. The lowest BCUT2D eigenvalue weighted by Gasteiger charge is -2.36. The molecule has 0 bridgehead atoms. The first-order chi connectivity index (χ1) is 15.1. The average molecular weight is 421 g/mol. The number of piperazine rings is 1. The second-order valence-corrected chi connectivity index (χ2v) is 9.33. The van der Waals surface area contributed by atoms with E-state index in [-0.39, 0.29) is 11.9 Å². The highest BCUT2D eigenvalue weighted by atomic mass is 16.2. The Bertz CT molecular complexity index is 954. The molecule has 2 aliphatic heterocycles. The Morgan fingerprint density at radius 1 is 0.806 bits per heavy atom. The Morgan fingerprint density at radius 2 is 1.48 bits per heavy atom. The Morgan fingerprint density at radius 3 is 2.26 bits per heavy atom. The van der Waals surface area contributed by atoms with Gasteiger partial charge in [-0.1, -0.05) is 68.1 Å². The third kappa shape index (κ3) is 4.06. The van der Waals surface area contributed by atoms with Crippen LogP contribution in [0, 0.1) is 0 Å². The second kappa shape index (κ2) is 8.60. The van der Waals surface area contributed by atoms with Gasteiger partial charge in [-0.3, -0.25) is 14.6 Å². The normalized spacial score (nSPS) is 22.8. The zero-order valence-electron chi connectivity index (χ0n) is 18.2. The van der Waals surface area contributed by atoms with Crippen LogP contribution in [0.3, 0.4) is 0 Å². The van der Waals surface area contributed by atoms with Crippen LogP contribution < -0.4 is 5.32 Å². The predicted molar refractivity (Wildman–Crippen MR) is 121 cm³/mol. The Balaban J connectivity index is 1.18. The molecule has 1 aliphatic carbocycles. The maximum Gasteiger partial charge on any atom is 0.326 e. The van der Waals surface area contributed by atoms with E-state index in [1.165, 1.54) is 21.2 Å². The number of hydrogen-bond acceptors (Lipinski definition) is 4. The zero-order valence-corrected chi connectivity index (χ0v) is 18.2. The maximum absolute atomic E-state index is 13.2. The fourth-order valence-electron chi connectivity index (χ4n) is 5.44. The number of nitrogens with one attached hydrogen (secondary N) is 1. The Kier molecular flexibility index (Phi) is 5.67. The van der Waals surface area contributed by atoms with Gasteiger partial charge in [0, 0.05) is 32.7 Å². The minimum absolute atomic E-state index is 0.00224. The molecule has 5 rings (SSSR count). The van der Waals surface area contributed by atoms with Crippen LogP contribution in [0.4, 0.5) is 4.79 Å². The number of benzene rings is 2. The molecule has 3 fully saturated rings. The zero-order chi connectivity index (χ0) is 21.3. The van der Waals surface area contributed by atoms with Crippen molar-refractivity contribution in [1.82, 2.24) is 20.0 Å². The molecule has 1 N–H and O–H groups in total. The molecule has 1 spiro atoms. The minimum Gasteiger partial charge on any atom is -0.323 e. The molecule has 0 atom stereocenters. The summed E-state index contributed by atoms with van der Waals surface area (Å²) in [5.41, 5.74) is 0.722. The van der Waals surface area contributed by atoms with Crippen LogP contribution in [0.25, 0.3) is 10.8 Å². The van der Waals surface area contributed by atoms with Crippen LogP contribution in [-0.2, 0) is 11.3 Å². The number of rotatable bonds is 4. The van der Waals surface area contributed by atoms with Gasteiger partial charge in [0.05, 0.1) is 6.67 Å². The van der Waals surface area contributed by atoms with Crippen molar-refractivity contribution in [3.8, 4) is 0 Å². The standard InChI is InChI=1S/C25H32N4O2/c30-23-25(12-5-1-2-6-13-25)26-24(31)29(23)19-28-16-14-27(15-17-28)18-21-10-7-9-20-8-3-4-11-22(20)21/h3-4,7-11H,1-2,5-6,12-19H2,(H,26,31). The number of carbonyl (C=O) groups is 2. The largest absolute Gasteiger partial charge is 0.326 e.